The molecule has 0 aromatic carbocycles. The summed E-state index contributed by atoms with van der Waals surface area (Å²) in [6.45, 7) is 0.507. The molecule has 0 unspecified atom stereocenters. The molecule has 2 fully saturated rings. The minimum atomic E-state index is 0.00758. The molecule has 5 nitrogen and oxygen atoms in total. The maximum atomic E-state index is 12.3. The van der Waals surface area contributed by atoms with E-state index < -0.39 is 0 Å². The molecule has 1 heterocycles. The Kier molecular flexibility index (Phi) is 5.94. The zero-order valence-electron chi connectivity index (χ0n) is 14.7. The lowest BCUT2D eigenvalue weighted by atomic mass is 9.95. The summed E-state index contributed by atoms with van der Waals surface area (Å²) < 4.78 is 5.87. The highest BCUT2D eigenvalue weighted by Crippen LogP contribution is 2.23. The maximum absolute atomic E-state index is 12.3. The lowest BCUT2D eigenvalue weighted by Gasteiger charge is -2.31. The number of amides is 2. The van der Waals surface area contributed by atoms with Crippen LogP contribution in [-0.4, -0.2) is 35.1 Å². The van der Waals surface area contributed by atoms with E-state index in [1.54, 1.807) is 6.20 Å². The average Bonchev–Trinajstić information content (AvgIpc) is 3.14. The minimum absolute atomic E-state index is 0.00758. The van der Waals surface area contributed by atoms with Crippen molar-refractivity contribution < 1.29 is 9.53 Å². The molecule has 2 aliphatic rings. The number of nitrogens with zero attached hydrogens (tertiary/aromatic N) is 2. The van der Waals surface area contributed by atoms with Gasteiger partial charge in [-0.15, -0.1) is 0 Å². The SMILES string of the molecule is CN(C(=O)NCc1ccc(OC2CCCC2)nc1)C1CCCCC1. The average molecular weight is 331 g/mol. The quantitative estimate of drug-likeness (QED) is 0.891. The van der Waals surface area contributed by atoms with E-state index in [4.69, 9.17) is 4.74 Å². The first-order valence-corrected chi connectivity index (χ1v) is 9.34. The third-order valence-electron chi connectivity index (χ3n) is 5.27. The number of ether oxygens (including phenoxy) is 1. The summed E-state index contributed by atoms with van der Waals surface area (Å²) in [6.07, 6.45) is 12.9. The second kappa shape index (κ2) is 8.36. The highest BCUT2D eigenvalue weighted by atomic mass is 16.5. The molecule has 1 aromatic rings. The summed E-state index contributed by atoms with van der Waals surface area (Å²) in [6, 6.07) is 4.29. The first kappa shape index (κ1) is 17.1. The normalized spacial score (nSPS) is 19.2. The molecule has 1 aromatic heterocycles. The van der Waals surface area contributed by atoms with Crippen molar-refractivity contribution in [1.29, 1.82) is 0 Å². The van der Waals surface area contributed by atoms with Gasteiger partial charge in [0.2, 0.25) is 5.88 Å². The Morgan fingerprint density at radius 3 is 2.54 bits per heavy atom. The molecular formula is C19H29N3O2. The Morgan fingerprint density at radius 1 is 1.17 bits per heavy atom. The van der Waals surface area contributed by atoms with Crippen molar-refractivity contribution in [3.8, 4) is 5.88 Å². The van der Waals surface area contributed by atoms with Gasteiger partial charge in [-0.1, -0.05) is 25.3 Å². The van der Waals surface area contributed by atoms with E-state index in [1.807, 2.05) is 24.1 Å². The number of nitrogens with one attached hydrogen (secondary N) is 1. The first-order chi connectivity index (χ1) is 11.7. The second-order valence-electron chi connectivity index (χ2n) is 7.09. The van der Waals surface area contributed by atoms with Gasteiger partial charge in [-0.2, -0.15) is 0 Å². The Labute approximate surface area is 144 Å². The van der Waals surface area contributed by atoms with Crippen molar-refractivity contribution in [2.75, 3.05) is 7.05 Å². The molecule has 0 atom stereocenters. The molecule has 0 radical (unpaired) electrons. The maximum Gasteiger partial charge on any atom is 0.317 e. The van der Waals surface area contributed by atoms with E-state index in [9.17, 15) is 4.79 Å². The van der Waals surface area contributed by atoms with Crippen molar-refractivity contribution in [3.05, 3.63) is 23.9 Å². The van der Waals surface area contributed by atoms with Gasteiger partial charge < -0.3 is 15.0 Å². The van der Waals surface area contributed by atoms with Crippen LogP contribution in [-0.2, 0) is 6.54 Å². The van der Waals surface area contributed by atoms with Gasteiger partial charge in [0.1, 0.15) is 6.10 Å². The Bertz CT molecular complexity index is 520. The summed E-state index contributed by atoms with van der Waals surface area (Å²) in [5, 5.41) is 2.99. The van der Waals surface area contributed by atoms with Crippen LogP contribution in [0.3, 0.4) is 0 Å². The molecule has 5 heteroatoms. The van der Waals surface area contributed by atoms with Crippen LogP contribution in [0.1, 0.15) is 63.4 Å². The monoisotopic (exact) mass is 331 g/mol. The number of hydrogen-bond acceptors (Lipinski definition) is 3. The fourth-order valence-corrected chi connectivity index (χ4v) is 3.70. The van der Waals surface area contributed by atoms with E-state index in [-0.39, 0.29) is 6.03 Å². The highest BCUT2D eigenvalue weighted by Gasteiger charge is 2.21. The molecule has 24 heavy (non-hydrogen) atoms. The lowest BCUT2D eigenvalue weighted by Crippen LogP contribution is -2.44. The number of carbonyl (C=O) groups excluding carboxylic acids is 1. The highest BCUT2D eigenvalue weighted by molar-refractivity contribution is 5.74. The van der Waals surface area contributed by atoms with Crippen LogP contribution in [0.2, 0.25) is 0 Å². The number of hydrogen-bond donors (Lipinski definition) is 1. The van der Waals surface area contributed by atoms with Gasteiger partial charge in [-0.3, -0.25) is 0 Å². The van der Waals surface area contributed by atoms with Crippen LogP contribution in [0, 0.1) is 0 Å². The Balaban J connectivity index is 1.44. The van der Waals surface area contributed by atoms with Gasteiger partial charge in [0, 0.05) is 31.9 Å². The smallest absolute Gasteiger partial charge is 0.317 e. The van der Waals surface area contributed by atoms with Crippen LogP contribution >= 0.6 is 0 Å². The lowest BCUT2D eigenvalue weighted by molar-refractivity contribution is 0.173. The molecule has 2 saturated carbocycles. The standard InChI is InChI=1S/C19H29N3O2/c1-22(16-7-3-2-4-8-16)19(23)21-14-15-11-12-18(20-13-15)24-17-9-5-6-10-17/h11-13,16-17H,2-10,14H2,1H3,(H,21,23). The van der Waals surface area contributed by atoms with E-state index in [0.717, 1.165) is 31.2 Å². The molecule has 0 aliphatic heterocycles. The predicted octanol–water partition coefficient (Wildman–Crippen LogP) is 3.88. The molecule has 0 spiro atoms. The number of pyridine rings is 1. The van der Waals surface area contributed by atoms with Crippen LogP contribution in [0.5, 0.6) is 5.88 Å². The van der Waals surface area contributed by atoms with Gasteiger partial charge in [0.15, 0.2) is 0 Å². The zero-order chi connectivity index (χ0) is 16.8. The number of aromatic nitrogens is 1. The molecule has 0 saturated heterocycles. The first-order valence-electron chi connectivity index (χ1n) is 9.34. The van der Waals surface area contributed by atoms with Crippen LogP contribution in [0.4, 0.5) is 4.79 Å². The van der Waals surface area contributed by atoms with Gasteiger partial charge in [-0.05, 0) is 44.1 Å². The number of rotatable bonds is 5. The van der Waals surface area contributed by atoms with Crippen molar-refractivity contribution >= 4 is 6.03 Å². The molecule has 2 aliphatic carbocycles. The predicted molar refractivity (Wildman–Crippen MR) is 94.0 cm³/mol. The van der Waals surface area contributed by atoms with Crippen molar-refractivity contribution in [1.82, 2.24) is 15.2 Å². The van der Waals surface area contributed by atoms with Crippen LogP contribution in [0.25, 0.3) is 0 Å². The third kappa shape index (κ3) is 4.62. The van der Waals surface area contributed by atoms with Gasteiger partial charge in [0.25, 0.3) is 0 Å². The molecule has 1 N–H and O–H groups in total. The molecule has 3 rings (SSSR count). The van der Waals surface area contributed by atoms with E-state index >= 15 is 0 Å². The molecule has 2 amide bonds. The van der Waals surface area contributed by atoms with Gasteiger partial charge in [0.05, 0.1) is 0 Å². The summed E-state index contributed by atoms with van der Waals surface area (Å²) >= 11 is 0. The summed E-state index contributed by atoms with van der Waals surface area (Å²) in [7, 11) is 1.90. The topological polar surface area (TPSA) is 54.5 Å². The Hall–Kier alpha value is -1.78. The summed E-state index contributed by atoms with van der Waals surface area (Å²) in [5.74, 6) is 0.691. The van der Waals surface area contributed by atoms with Gasteiger partial charge >= 0.3 is 6.03 Å². The summed E-state index contributed by atoms with van der Waals surface area (Å²) in [5.41, 5.74) is 0.999. The summed E-state index contributed by atoms with van der Waals surface area (Å²) in [4.78, 5) is 18.5. The van der Waals surface area contributed by atoms with Crippen molar-refractivity contribution in [2.24, 2.45) is 0 Å². The Morgan fingerprint density at radius 2 is 1.88 bits per heavy atom. The number of urea groups is 1. The fraction of sp³-hybridized carbons (Fsp3) is 0.684. The van der Waals surface area contributed by atoms with Crippen molar-refractivity contribution in [3.63, 3.8) is 0 Å². The van der Waals surface area contributed by atoms with Crippen LogP contribution in [0.15, 0.2) is 18.3 Å². The van der Waals surface area contributed by atoms with E-state index in [1.165, 1.54) is 32.1 Å². The third-order valence-corrected chi connectivity index (χ3v) is 5.27. The van der Waals surface area contributed by atoms with E-state index in [0.29, 0.717) is 24.6 Å². The van der Waals surface area contributed by atoms with E-state index in [2.05, 4.69) is 10.3 Å². The minimum Gasteiger partial charge on any atom is -0.474 e. The van der Waals surface area contributed by atoms with Gasteiger partial charge in [-0.25, -0.2) is 9.78 Å². The molecule has 0 bridgehead atoms. The van der Waals surface area contributed by atoms with Crippen LogP contribution < -0.4 is 10.1 Å². The largest absolute Gasteiger partial charge is 0.474 e. The number of carbonyl (C=O) groups is 1. The molecular weight excluding hydrogens is 302 g/mol. The van der Waals surface area contributed by atoms with Crippen molar-refractivity contribution in [2.45, 2.75) is 76.5 Å². The second-order valence-corrected chi connectivity index (χ2v) is 7.09. The molecule has 132 valence electrons. The zero-order valence-corrected chi connectivity index (χ0v) is 14.7. The fourth-order valence-electron chi connectivity index (χ4n) is 3.70.